The average Bonchev–Trinajstić information content (AvgIpc) is 3.50. The monoisotopic (exact) mass is 493 g/mol. The number of aromatic nitrogens is 2. The van der Waals surface area contributed by atoms with Crippen LogP contribution in [0.15, 0.2) is 78.3 Å². The number of nitrogens with one attached hydrogen (secondary N) is 1. The summed E-state index contributed by atoms with van der Waals surface area (Å²) in [6.07, 6.45) is 3.30. The molecule has 2 heterocycles. The van der Waals surface area contributed by atoms with E-state index in [0.717, 1.165) is 22.6 Å². The van der Waals surface area contributed by atoms with Gasteiger partial charge in [-0.05, 0) is 42.1 Å². The molecule has 0 fully saturated rings. The van der Waals surface area contributed by atoms with Crippen LogP contribution in [-0.2, 0) is 20.9 Å². The number of benzene rings is 2. The zero-order chi connectivity index (χ0) is 24.8. The predicted octanol–water partition coefficient (Wildman–Crippen LogP) is 5.52. The Kier molecular flexibility index (Phi) is 7.47. The Hall–Kier alpha value is -4.11. The van der Waals surface area contributed by atoms with Crippen molar-refractivity contribution in [3.05, 3.63) is 101 Å². The first-order valence-electron chi connectivity index (χ1n) is 10.7. The Balaban J connectivity index is 1.45. The van der Waals surface area contributed by atoms with Gasteiger partial charge in [0.25, 0.3) is 5.91 Å². The van der Waals surface area contributed by atoms with Gasteiger partial charge in [0.05, 0.1) is 11.4 Å². The number of rotatable bonds is 8. The number of esters is 1. The molecule has 0 bridgehead atoms. The number of hydrogen-bond donors (Lipinski definition) is 1. The van der Waals surface area contributed by atoms with Gasteiger partial charge >= 0.3 is 5.97 Å². The Morgan fingerprint density at radius 1 is 1.09 bits per heavy atom. The van der Waals surface area contributed by atoms with Gasteiger partial charge in [-0.2, -0.15) is 5.10 Å². The molecule has 1 N–H and O–H groups in total. The van der Waals surface area contributed by atoms with E-state index in [4.69, 9.17) is 4.74 Å². The number of carbonyl (C=O) groups is 2. The molecule has 0 aliphatic heterocycles. The third-order valence-corrected chi connectivity index (χ3v) is 5.88. The molecule has 1 atom stereocenters. The van der Waals surface area contributed by atoms with Crippen LogP contribution in [0.2, 0.25) is 0 Å². The molecule has 0 radical (unpaired) electrons. The molecule has 1 unspecified atom stereocenters. The summed E-state index contributed by atoms with van der Waals surface area (Å²) in [5.41, 5.74) is 1.89. The standard InChI is InChI=1S/C26H21F2N3O3S/c1-17(26(33)29-25-20(27)9-5-10-21(25)28)34-23(32)13-12-19-16-31(15-18-7-3-2-4-8-18)30-24(19)22-11-6-14-35-22/h2-14,16-17H,15H2,1H3,(H,29,33)/b13-12+. The van der Waals surface area contributed by atoms with Crippen LogP contribution >= 0.6 is 11.3 Å². The van der Waals surface area contributed by atoms with Crippen molar-refractivity contribution in [3.8, 4) is 10.6 Å². The van der Waals surface area contributed by atoms with Crippen molar-refractivity contribution in [2.24, 2.45) is 0 Å². The fourth-order valence-electron chi connectivity index (χ4n) is 3.28. The SMILES string of the molecule is CC(OC(=O)/C=C/c1cn(Cc2ccccc2)nc1-c1cccs1)C(=O)Nc1c(F)cccc1F. The normalized spacial score (nSPS) is 12.0. The molecule has 9 heteroatoms. The van der Waals surface area contributed by atoms with E-state index in [1.807, 2.05) is 54.0 Å². The van der Waals surface area contributed by atoms with Crippen LogP contribution in [0, 0.1) is 11.6 Å². The van der Waals surface area contributed by atoms with Crippen LogP contribution in [0.1, 0.15) is 18.1 Å². The first-order valence-corrected chi connectivity index (χ1v) is 11.6. The Bertz CT molecular complexity index is 1330. The summed E-state index contributed by atoms with van der Waals surface area (Å²) in [5, 5.41) is 8.71. The maximum atomic E-state index is 13.8. The topological polar surface area (TPSA) is 73.2 Å². The van der Waals surface area contributed by atoms with Gasteiger partial charge in [-0.3, -0.25) is 9.48 Å². The Morgan fingerprint density at radius 3 is 2.51 bits per heavy atom. The number of nitrogens with zero attached hydrogens (tertiary/aromatic N) is 2. The van der Waals surface area contributed by atoms with Gasteiger partial charge in [0.2, 0.25) is 0 Å². The number of para-hydroxylation sites is 1. The quantitative estimate of drug-likeness (QED) is 0.259. The number of ether oxygens (including phenoxy) is 1. The Morgan fingerprint density at radius 2 is 1.83 bits per heavy atom. The van der Waals surface area contributed by atoms with E-state index in [1.54, 1.807) is 10.8 Å². The second kappa shape index (κ2) is 10.9. The molecule has 0 aliphatic carbocycles. The minimum absolute atomic E-state index is 0.557. The summed E-state index contributed by atoms with van der Waals surface area (Å²) in [7, 11) is 0. The van der Waals surface area contributed by atoms with Crippen LogP contribution in [-0.4, -0.2) is 27.8 Å². The zero-order valence-corrected chi connectivity index (χ0v) is 19.5. The number of halogens is 2. The lowest BCUT2D eigenvalue weighted by Gasteiger charge is -2.13. The van der Waals surface area contributed by atoms with Crippen molar-refractivity contribution in [1.82, 2.24) is 9.78 Å². The predicted molar refractivity (Wildman–Crippen MR) is 131 cm³/mol. The fraction of sp³-hybridized carbons (Fsp3) is 0.115. The lowest BCUT2D eigenvalue weighted by atomic mass is 10.2. The average molecular weight is 494 g/mol. The van der Waals surface area contributed by atoms with Crippen molar-refractivity contribution in [3.63, 3.8) is 0 Å². The molecule has 0 saturated heterocycles. The highest BCUT2D eigenvalue weighted by molar-refractivity contribution is 7.13. The van der Waals surface area contributed by atoms with Gasteiger partial charge in [-0.25, -0.2) is 13.6 Å². The first-order chi connectivity index (χ1) is 16.9. The largest absolute Gasteiger partial charge is 0.449 e. The molecule has 6 nitrogen and oxygen atoms in total. The summed E-state index contributed by atoms with van der Waals surface area (Å²) < 4.78 is 34.4. The van der Waals surface area contributed by atoms with Gasteiger partial charge in [0.1, 0.15) is 23.0 Å². The Labute approximate surface area is 204 Å². The van der Waals surface area contributed by atoms with E-state index >= 15 is 0 Å². The van der Waals surface area contributed by atoms with Crippen LogP contribution in [0.25, 0.3) is 16.6 Å². The molecular weight excluding hydrogens is 472 g/mol. The maximum absolute atomic E-state index is 13.8. The van der Waals surface area contributed by atoms with Crippen LogP contribution in [0.3, 0.4) is 0 Å². The van der Waals surface area contributed by atoms with Crippen molar-refractivity contribution in [1.29, 1.82) is 0 Å². The molecule has 0 spiro atoms. The third kappa shape index (κ3) is 6.07. The first kappa shape index (κ1) is 24.0. The number of hydrogen-bond acceptors (Lipinski definition) is 5. The van der Waals surface area contributed by atoms with Crippen LogP contribution in [0.4, 0.5) is 14.5 Å². The molecule has 0 saturated carbocycles. The summed E-state index contributed by atoms with van der Waals surface area (Å²) in [4.78, 5) is 25.5. The highest BCUT2D eigenvalue weighted by Crippen LogP contribution is 2.28. The van der Waals surface area contributed by atoms with E-state index < -0.39 is 35.3 Å². The van der Waals surface area contributed by atoms with Crippen LogP contribution < -0.4 is 5.32 Å². The van der Waals surface area contributed by atoms with Gasteiger partial charge < -0.3 is 10.1 Å². The molecule has 1 amide bonds. The molecule has 2 aromatic heterocycles. The van der Waals surface area contributed by atoms with Crippen molar-refractivity contribution >= 4 is 35.0 Å². The summed E-state index contributed by atoms with van der Waals surface area (Å²) in [6, 6.07) is 16.9. The minimum Gasteiger partial charge on any atom is -0.449 e. The summed E-state index contributed by atoms with van der Waals surface area (Å²) in [5.74, 6) is -3.49. The zero-order valence-electron chi connectivity index (χ0n) is 18.7. The lowest BCUT2D eigenvalue weighted by Crippen LogP contribution is -2.30. The number of thiophene rings is 1. The molecule has 0 aliphatic rings. The highest BCUT2D eigenvalue weighted by atomic mass is 32.1. The second-order valence-electron chi connectivity index (χ2n) is 7.59. The van der Waals surface area contributed by atoms with Gasteiger partial charge in [0.15, 0.2) is 6.10 Å². The number of amides is 1. The fourth-order valence-corrected chi connectivity index (χ4v) is 4.01. The molecule has 4 rings (SSSR count). The van der Waals surface area contributed by atoms with Crippen molar-refractivity contribution < 1.29 is 23.1 Å². The van der Waals surface area contributed by atoms with Crippen molar-refractivity contribution in [2.75, 3.05) is 5.32 Å². The third-order valence-electron chi connectivity index (χ3n) is 5.00. The second-order valence-corrected chi connectivity index (χ2v) is 8.54. The van der Waals surface area contributed by atoms with Gasteiger partial charge in [-0.1, -0.05) is 42.5 Å². The molecule has 4 aromatic rings. The van der Waals surface area contributed by atoms with E-state index in [1.165, 1.54) is 30.4 Å². The molecule has 2 aromatic carbocycles. The highest BCUT2D eigenvalue weighted by Gasteiger charge is 2.20. The lowest BCUT2D eigenvalue weighted by molar-refractivity contribution is -0.148. The van der Waals surface area contributed by atoms with Gasteiger partial charge in [0, 0.05) is 17.8 Å². The van der Waals surface area contributed by atoms with Crippen LogP contribution in [0.5, 0.6) is 0 Å². The van der Waals surface area contributed by atoms with E-state index in [-0.39, 0.29) is 0 Å². The minimum atomic E-state index is -1.27. The summed E-state index contributed by atoms with van der Waals surface area (Å²) in [6.45, 7) is 1.87. The maximum Gasteiger partial charge on any atom is 0.331 e. The number of carbonyl (C=O) groups excluding carboxylic acids is 2. The van der Waals surface area contributed by atoms with Gasteiger partial charge in [-0.15, -0.1) is 11.3 Å². The summed E-state index contributed by atoms with van der Waals surface area (Å²) >= 11 is 1.52. The van der Waals surface area contributed by atoms with E-state index in [2.05, 4.69) is 10.4 Å². The molecule has 35 heavy (non-hydrogen) atoms. The molecule has 178 valence electrons. The number of anilines is 1. The van der Waals surface area contributed by atoms with E-state index in [9.17, 15) is 18.4 Å². The van der Waals surface area contributed by atoms with E-state index in [0.29, 0.717) is 17.8 Å². The smallest absolute Gasteiger partial charge is 0.331 e. The van der Waals surface area contributed by atoms with Crippen molar-refractivity contribution in [2.45, 2.75) is 19.6 Å². The molecular formula is C26H21F2N3O3S.